The summed E-state index contributed by atoms with van der Waals surface area (Å²) in [7, 11) is 0. The fraction of sp³-hybridized carbons (Fsp3) is 0.357. The topological polar surface area (TPSA) is 20.7 Å². The minimum absolute atomic E-state index is 0.267. The van der Waals surface area contributed by atoms with Gasteiger partial charge in [0.1, 0.15) is 5.82 Å². The number of H-pyrrole nitrogens is 1. The van der Waals surface area contributed by atoms with E-state index in [0.717, 1.165) is 30.4 Å². The first-order valence-electron chi connectivity index (χ1n) is 6.37. The van der Waals surface area contributed by atoms with Crippen LogP contribution in [0.4, 0.5) is 4.39 Å². The molecule has 0 amide bonds. The molecule has 1 unspecified atom stereocenters. The Bertz CT molecular complexity index is 701. The number of nitrogens with one attached hydrogen (secondary N) is 1. The average Bonchev–Trinajstić information content (AvgIpc) is 2.68. The number of benzene rings is 1. The fourth-order valence-corrected chi connectivity index (χ4v) is 3.23. The Kier molecular flexibility index (Phi) is 3.58. The summed E-state index contributed by atoms with van der Waals surface area (Å²) in [5, 5.41) is 0. The van der Waals surface area contributed by atoms with Crippen molar-refractivity contribution in [3.8, 4) is 0 Å². The van der Waals surface area contributed by atoms with Gasteiger partial charge in [-0.25, -0.2) is 4.39 Å². The summed E-state index contributed by atoms with van der Waals surface area (Å²) >= 11 is 8.60. The molecule has 0 saturated carbocycles. The molecule has 1 aromatic carbocycles. The van der Waals surface area contributed by atoms with E-state index in [1.54, 1.807) is 6.07 Å². The maximum absolute atomic E-state index is 13.5. The van der Waals surface area contributed by atoms with E-state index in [0.29, 0.717) is 15.2 Å². The number of imidazole rings is 1. The zero-order valence-electron chi connectivity index (χ0n) is 10.3. The lowest BCUT2D eigenvalue weighted by Crippen LogP contribution is -2.12. The van der Waals surface area contributed by atoms with E-state index in [-0.39, 0.29) is 5.82 Å². The molecule has 3 rings (SSSR count). The molecule has 100 valence electrons. The SMILES string of the molecule is Fc1cc2[nH]c(=S)n(CC3CC=CCC3)c2cc1Br. The van der Waals surface area contributed by atoms with Crippen molar-refractivity contribution in [3.05, 3.63) is 39.3 Å². The maximum atomic E-state index is 13.5. The maximum Gasteiger partial charge on any atom is 0.178 e. The normalized spacial score (nSPS) is 19.2. The van der Waals surface area contributed by atoms with E-state index in [1.165, 1.54) is 12.5 Å². The second-order valence-electron chi connectivity index (χ2n) is 4.97. The highest BCUT2D eigenvalue weighted by Crippen LogP contribution is 2.26. The molecule has 2 aromatic rings. The van der Waals surface area contributed by atoms with Crippen LogP contribution in [0.2, 0.25) is 0 Å². The molecule has 2 nitrogen and oxygen atoms in total. The molecule has 1 aliphatic rings. The van der Waals surface area contributed by atoms with Gasteiger partial charge in [0.25, 0.3) is 0 Å². The number of hydrogen-bond donors (Lipinski definition) is 1. The molecule has 1 aromatic heterocycles. The highest BCUT2D eigenvalue weighted by molar-refractivity contribution is 9.10. The van der Waals surface area contributed by atoms with E-state index in [9.17, 15) is 4.39 Å². The monoisotopic (exact) mass is 340 g/mol. The Balaban J connectivity index is 2.02. The first kappa shape index (κ1) is 13.1. The minimum atomic E-state index is -0.267. The van der Waals surface area contributed by atoms with Crippen LogP contribution in [0.5, 0.6) is 0 Å². The van der Waals surface area contributed by atoms with Gasteiger partial charge in [0.15, 0.2) is 4.77 Å². The third kappa shape index (κ3) is 2.54. The van der Waals surface area contributed by atoms with Crippen LogP contribution in [-0.4, -0.2) is 9.55 Å². The lowest BCUT2D eigenvalue weighted by molar-refractivity contribution is 0.413. The van der Waals surface area contributed by atoms with Crippen molar-refractivity contribution in [2.24, 2.45) is 5.92 Å². The van der Waals surface area contributed by atoms with Gasteiger partial charge in [0, 0.05) is 12.6 Å². The molecule has 5 heteroatoms. The Morgan fingerprint density at radius 2 is 2.26 bits per heavy atom. The van der Waals surface area contributed by atoms with Gasteiger partial charge in [-0.05, 0) is 59.4 Å². The van der Waals surface area contributed by atoms with Crippen LogP contribution in [0.25, 0.3) is 11.0 Å². The highest BCUT2D eigenvalue weighted by Gasteiger charge is 2.14. The summed E-state index contributed by atoms with van der Waals surface area (Å²) in [6, 6.07) is 3.29. The Morgan fingerprint density at radius 1 is 1.42 bits per heavy atom. The van der Waals surface area contributed by atoms with Gasteiger partial charge in [-0.1, -0.05) is 12.2 Å². The summed E-state index contributed by atoms with van der Waals surface area (Å²) < 4.78 is 16.8. The summed E-state index contributed by atoms with van der Waals surface area (Å²) in [5.74, 6) is 0.344. The van der Waals surface area contributed by atoms with E-state index in [2.05, 4.69) is 37.6 Å². The van der Waals surface area contributed by atoms with Gasteiger partial charge in [0.2, 0.25) is 0 Å². The van der Waals surface area contributed by atoms with Crippen molar-refractivity contribution in [1.82, 2.24) is 9.55 Å². The number of rotatable bonds is 2. The van der Waals surface area contributed by atoms with Gasteiger partial charge in [-0.3, -0.25) is 0 Å². The van der Waals surface area contributed by atoms with Crippen molar-refractivity contribution in [3.63, 3.8) is 0 Å². The van der Waals surface area contributed by atoms with Crippen molar-refractivity contribution >= 4 is 39.2 Å². The first-order valence-corrected chi connectivity index (χ1v) is 7.58. The summed E-state index contributed by atoms with van der Waals surface area (Å²) in [6.07, 6.45) is 7.89. The number of aromatic nitrogens is 2. The number of halogens is 2. The molecular weight excluding hydrogens is 327 g/mol. The number of nitrogens with zero attached hydrogens (tertiary/aromatic N) is 1. The third-order valence-corrected chi connectivity index (χ3v) is 4.56. The summed E-state index contributed by atoms with van der Waals surface area (Å²) in [5.41, 5.74) is 1.73. The molecule has 19 heavy (non-hydrogen) atoms. The molecule has 0 spiro atoms. The predicted molar refractivity (Wildman–Crippen MR) is 81.3 cm³/mol. The van der Waals surface area contributed by atoms with Crippen molar-refractivity contribution in [2.75, 3.05) is 0 Å². The van der Waals surface area contributed by atoms with Gasteiger partial charge in [-0.15, -0.1) is 0 Å². The van der Waals surface area contributed by atoms with Crippen molar-refractivity contribution in [2.45, 2.75) is 25.8 Å². The van der Waals surface area contributed by atoms with Crippen LogP contribution in [0, 0.1) is 16.5 Å². The molecule has 1 aliphatic carbocycles. The van der Waals surface area contributed by atoms with Gasteiger partial charge in [-0.2, -0.15) is 0 Å². The van der Waals surface area contributed by atoms with Crippen LogP contribution < -0.4 is 0 Å². The summed E-state index contributed by atoms with van der Waals surface area (Å²) in [4.78, 5) is 3.08. The standard InChI is InChI=1S/C14H14BrFN2S/c15-10-6-13-12(7-11(10)16)17-14(19)18(13)8-9-4-2-1-3-5-9/h1-2,6-7,9H,3-5,8H2,(H,17,19). The average molecular weight is 341 g/mol. The molecule has 1 N–H and O–H groups in total. The molecule has 1 atom stereocenters. The van der Waals surface area contributed by atoms with E-state index < -0.39 is 0 Å². The molecule has 0 radical (unpaired) electrons. The van der Waals surface area contributed by atoms with Gasteiger partial charge in [0.05, 0.1) is 15.5 Å². The zero-order valence-corrected chi connectivity index (χ0v) is 12.7. The van der Waals surface area contributed by atoms with E-state index >= 15 is 0 Å². The highest BCUT2D eigenvalue weighted by atomic mass is 79.9. The fourth-order valence-electron chi connectivity index (χ4n) is 2.61. The lowest BCUT2D eigenvalue weighted by Gasteiger charge is -2.18. The van der Waals surface area contributed by atoms with Crippen LogP contribution in [0.3, 0.4) is 0 Å². The van der Waals surface area contributed by atoms with Crippen molar-refractivity contribution < 1.29 is 4.39 Å². The first-order chi connectivity index (χ1) is 9.15. The Morgan fingerprint density at radius 3 is 3.00 bits per heavy atom. The molecule has 0 fully saturated rings. The number of allylic oxidation sites excluding steroid dienone is 2. The van der Waals surface area contributed by atoms with Gasteiger partial charge >= 0.3 is 0 Å². The van der Waals surface area contributed by atoms with Crippen LogP contribution >= 0.6 is 28.1 Å². The van der Waals surface area contributed by atoms with Crippen LogP contribution in [-0.2, 0) is 6.54 Å². The van der Waals surface area contributed by atoms with Gasteiger partial charge < -0.3 is 9.55 Å². The van der Waals surface area contributed by atoms with Crippen LogP contribution in [0.15, 0.2) is 28.8 Å². The van der Waals surface area contributed by atoms with Crippen LogP contribution in [0.1, 0.15) is 19.3 Å². The second-order valence-corrected chi connectivity index (χ2v) is 6.22. The Labute approximate surface area is 124 Å². The predicted octanol–water partition coefficient (Wildman–Crippen LogP) is 4.96. The largest absolute Gasteiger partial charge is 0.330 e. The molecule has 0 saturated heterocycles. The molecule has 0 bridgehead atoms. The number of hydrogen-bond acceptors (Lipinski definition) is 1. The van der Waals surface area contributed by atoms with E-state index in [1.807, 2.05) is 0 Å². The quantitative estimate of drug-likeness (QED) is 0.605. The van der Waals surface area contributed by atoms with E-state index in [4.69, 9.17) is 12.2 Å². The smallest absolute Gasteiger partial charge is 0.178 e. The third-order valence-electron chi connectivity index (χ3n) is 3.63. The van der Waals surface area contributed by atoms with Crippen molar-refractivity contribution in [1.29, 1.82) is 0 Å². The molecule has 0 aliphatic heterocycles. The lowest BCUT2D eigenvalue weighted by atomic mass is 9.94. The second kappa shape index (κ2) is 5.21. The molecule has 1 heterocycles. The Hall–Kier alpha value is -0.940. The minimum Gasteiger partial charge on any atom is -0.330 e. The summed E-state index contributed by atoms with van der Waals surface area (Å²) in [6.45, 7) is 0.890. The number of aromatic amines is 1. The number of fused-ring (bicyclic) bond motifs is 1. The zero-order chi connectivity index (χ0) is 13.4. The molecular formula is C14H14BrFN2S.